The molecular formula is C14H26N2O3. The summed E-state index contributed by atoms with van der Waals surface area (Å²) in [6.07, 6.45) is 1.78. The number of ether oxygens (including phenoxy) is 1. The molecule has 0 saturated carbocycles. The van der Waals surface area contributed by atoms with E-state index >= 15 is 0 Å². The maximum absolute atomic E-state index is 12.0. The SMILES string of the molecule is CCO/N=C(\C)C1CCCN(C(=O)OC(C)(C)C)C1. The molecule has 0 aromatic rings. The summed E-state index contributed by atoms with van der Waals surface area (Å²) >= 11 is 0. The van der Waals surface area contributed by atoms with E-state index in [1.54, 1.807) is 4.90 Å². The van der Waals surface area contributed by atoms with Gasteiger partial charge in [-0.2, -0.15) is 0 Å². The summed E-state index contributed by atoms with van der Waals surface area (Å²) in [6.45, 7) is 11.5. The van der Waals surface area contributed by atoms with Gasteiger partial charge in [0.2, 0.25) is 0 Å². The number of amides is 1. The highest BCUT2D eigenvalue weighted by molar-refractivity contribution is 5.84. The first-order chi connectivity index (χ1) is 8.83. The van der Waals surface area contributed by atoms with E-state index in [0.717, 1.165) is 25.1 Å². The number of rotatable bonds is 3. The Hall–Kier alpha value is -1.26. The van der Waals surface area contributed by atoms with Gasteiger partial charge >= 0.3 is 6.09 Å². The van der Waals surface area contributed by atoms with Crippen LogP contribution in [0.3, 0.4) is 0 Å². The second-order valence-electron chi connectivity index (χ2n) is 5.92. The molecule has 5 nitrogen and oxygen atoms in total. The average molecular weight is 270 g/mol. The van der Waals surface area contributed by atoms with Crippen LogP contribution >= 0.6 is 0 Å². The predicted molar refractivity (Wildman–Crippen MR) is 75.3 cm³/mol. The lowest BCUT2D eigenvalue weighted by atomic mass is 9.94. The zero-order valence-electron chi connectivity index (χ0n) is 12.7. The standard InChI is InChI=1S/C14H26N2O3/c1-6-18-15-11(2)12-8-7-9-16(10-12)13(17)19-14(3,4)5/h12H,6-10H2,1-5H3/b15-11+. The summed E-state index contributed by atoms with van der Waals surface area (Å²) in [4.78, 5) is 18.9. The highest BCUT2D eigenvalue weighted by Gasteiger charge is 2.28. The van der Waals surface area contributed by atoms with E-state index in [9.17, 15) is 4.79 Å². The Bertz CT molecular complexity index is 334. The van der Waals surface area contributed by atoms with Crippen LogP contribution in [0.25, 0.3) is 0 Å². The molecule has 1 amide bonds. The van der Waals surface area contributed by atoms with Gasteiger partial charge in [0.15, 0.2) is 0 Å². The fraction of sp³-hybridized carbons (Fsp3) is 0.857. The van der Waals surface area contributed by atoms with Crippen molar-refractivity contribution in [1.82, 2.24) is 4.90 Å². The predicted octanol–water partition coefficient (Wildman–Crippen LogP) is 3.05. The van der Waals surface area contributed by atoms with Crippen LogP contribution in [0.2, 0.25) is 0 Å². The smallest absolute Gasteiger partial charge is 0.410 e. The number of likely N-dealkylation sites (tertiary alicyclic amines) is 1. The highest BCUT2D eigenvalue weighted by atomic mass is 16.6. The molecule has 1 atom stereocenters. The Labute approximate surface area is 115 Å². The minimum Gasteiger partial charge on any atom is -0.444 e. The second kappa shape index (κ2) is 6.78. The van der Waals surface area contributed by atoms with Crippen molar-refractivity contribution in [3.63, 3.8) is 0 Å². The molecule has 1 aliphatic heterocycles. The molecule has 0 bridgehead atoms. The van der Waals surface area contributed by atoms with Crippen LogP contribution in [0.1, 0.15) is 47.5 Å². The van der Waals surface area contributed by atoms with Crippen molar-refractivity contribution in [2.24, 2.45) is 11.1 Å². The Kier molecular flexibility index (Phi) is 5.63. The molecule has 19 heavy (non-hydrogen) atoms. The van der Waals surface area contributed by atoms with Gasteiger partial charge in [0.25, 0.3) is 0 Å². The van der Waals surface area contributed by atoms with Gasteiger partial charge in [-0.25, -0.2) is 4.79 Å². The third-order valence-corrected chi connectivity index (χ3v) is 3.00. The largest absolute Gasteiger partial charge is 0.444 e. The Balaban J connectivity index is 2.57. The first kappa shape index (κ1) is 15.8. The van der Waals surface area contributed by atoms with Gasteiger partial charge in [-0.3, -0.25) is 0 Å². The number of oxime groups is 1. The van der Waals surface area contributed by atoms with Gasteiger partial charge in [-0.1, -0.05) is 5.16 Å². The molecule has 0 aliphatic carbocycles. The molecule has 110 valence electrons. The Morgan fingerprint density at radius 2 is 2.11 bits per heavy atom. The lowest BCUT2D eigenvalue weighted by Gasteiger charge is -2.33. The third kappa shape index (κ3) is 5.49. The molecule has 0 aromatic heterocycles. The summed E-state index contributed by atoms with van der Waals surface area (Å²) in [5.41, 5.74) is 0.508. The molecule has 0 aromatic carbocycles. The van der Waals surface area contributed by atoms with Gasteiger partial charge in [-0.15, -0.1) is 0 Å². The summed E-state index contributed by atoms with van der Waals surface area (Å²) in [5.74, 6) is 0.271. The topological polar surface area (TPSA) is 51.1 Å². The summed E-state index contributed by atoms with van der Waals surface area (Å²) in [5, 5.41) is 4.07. The summed E-state index contributed by atoms with van der Waals surface area (Å²) in [6, 6.07) is 0. The van der Waals surface area contributed by atoms with Crippen LogP contribution in [0.4, 0.5) is 4.79 Å². The van der Waals surface area contributed by atoms with Crippen molar-refractivity contribution in [2.75, 3.05) is 19.7 Å². The lowest BCUT2D eigenvalue weighted by Crippen LogP contribution is -2.44. The normalized spacial score (nSPS) is 21.2. The van der Waals surface area contributed by atoms with Crippen molar-refractivity contribution < 1.29 is 14.4 Å². The van der Waals surface area contributed by atoms with Crippen LogP contribution in [-0.2, 0) is 9.57 Å². The Morgan fingerprint density at radius 3 is 2.68 bits per heavy atom. The van der Waals surface area contributed by atoms with E-state index in [4.69, 9.17) is 9.57 Å². The molecule has 1 rings (SSSR count). The minimum atomic E-state index is -0.446. The minimum absolute atomic E-state index is 0.235. The zero-order valence-corrected chi connectivity index (χ0v) is 12.7. The molecule has 0 radical (unpaired) electrons. The molecule has 1 unspecified atom stereocenters. The molecule has 1 fully saturated rings. The number of hydrogen-bond donors (Lipinski definition) is 0. The number of hydrogen-bond acceptors (Lipinski definition) is 4. The molecule has 5 heteroatoms. The Morgan fingerprint density at radius 1 is 1.42 bits per heavy atom. The van der Waals surface area contributed by atoms with E-state index in [0.29, 0.717) is 13.2 Å². The van der Waals surface area contributed by atoms with Gasteiger partial charge in [0.1, 0.15) is 12.2 Å². The average Bonchev–Trinajstić information content (AvgIpc) is 2.34. The van der Waals surface area contributed by atoms with Crippen LogP contribution < -0.4 is 0 Å². The lowest BCUT2D eigenvalue weighted by molar-refractivity contribution is 0.0192. The summed E-state index contributed by atoms with van der Waals surface area (Å²) in [7, 11) is 0. The van der Waals surface area contributed by atoms with E-state index < -0.39 is 5.60 Å². The maximum Gasteiger partial charge on any atom is 0.410 e. The van der Waals surface area contributed by atoms with Crippen LogP contribution in [0.15, 0.2) is 5.16 Å². The van der Waals surface area contributed by atoms with Gasteiger partial charge in [0.05, 0.1) is 5.71 Å². The second-order valence-corrected chi connectivity index (χ2v) is 5.92. The van der Waals surface area contributed by atoms with Crippen LogP contribution in [-0.4, -0.2) is 42.0 Å². The van der Waals surface area contributed by atoms with E-state index in [1.165, 1.54) is 0 Å². The fourth-order valence-electron chi connectivity index (χ4n) is 2.05. The highest BCUT2D eigenvalue weighted by Crippen LogP contribution is 2.20. The summed E-state index contributed by atoms with van der Waals surface area (Å²) < 4.78 is 5.40. The van der Waals surface area contributed by atoms with Crippen LogP contribution in [0, 0.1) is 5.92 Å². The number of nitrogens with zero attached hydrogens (tertiary/aromatic N) is 2. The third-order valence-electron chi connectivity index (χ3n) is 3.00. The fourth-order valence-corrected chi connectivity index (χ4v) is 2.05. The number of carbonyl (C=O) groups is 1. The molecule has 0 N–H and O–H groups in total. The van der Waals surface area contributed by atoms with Crippen LogP contribution in [0.5, 0.6) is 0 Å². The first-order valence-electron chi connectivity index (χ1n) is 6.98. The van der Waals surface area contributed by atoms with Gasteiger partial charge < -0.3 is 14.5 Å². The van der Waals surface area contributed by atoms with Gasteiger partial charge in [0, 0.05) is 19.0 Å². The van der Waals surface area contributed by atoms with E-state index in [-0.39, 0.29) is 12.0 Å². The van der Waals surface area contributed by atoms with Gasteiger partial charge in [-0.05, 0) is 47.5 Å². The molecule has 1 heterocycles. The molecule has 0 spiro atoms. The maximum atomic E-state index is 12.0. The van der Waals surface area contributed by atoms with E-state index in [2.05, 4.69) is 5.16 Å². The van der Waals surface area contributed by atoms with Crippen molar-refractivity contribution in [2.45, 2.75) is 53.1 Å². The molecule has 1 aliphatic rings. The molecule has 1 saturated heterocycles. The van der Waals surface area contributed by atoms with Crippen molar-refractivity contribution in [3.05, 3.63) is 0 Å². The zero-order chi connectivity index (χ0) is 14.5. The monoisotopic (exact) mass is 270 g/mol. The van der Waals surface area contributed by atoms with Crippen molar-refractivity contribution in [3.8, 4) is 0 Å². The number of carbonyl (C=O) groups excluding carboxylic acids is 1. The van der Waals surface area contributed by atoms with Crippen molar-refractivity contribution in [1.29, 1.82) is 0 Å². The van der Waals surface area contributed by atoms with E-state index in [1.807, 2.05) is 34.6 Å². The quantitative estimate of drug-likeness (QED) is 0.585. The molecular weight excluding hydrogens is 244 g/mol. The number of piperidine rings is 1. The first-order valence-corrected chi connectivity index (χ1v) is 6.98. The van der Waals surface area contributed by atoms with Crippen molar-refractivity contribution >= 4 is 11.8 Å².